The number of nitrogens with one attached hydrogen (secondary N) is 2. The van der Waals surface area contributed by atoms with Crippen LogP contribution in [-0.4, -0.2) is 30.4 Å². The number of carbonyl (C=O) groups is 2. The summed E-state index contributed by atoms with van der Waals surface area (Å²) in [6, 6.07) is 12.3. The van der Waals surface area contributed by atoms with E-state index in [1.165, 1.54) is 31.3 Å². The molecular weight excluding hydrogens is 326 g/mol. The number of nitro benzene ring substituents is 1. The van der Waals surface area contributed by atoms with Crippen LogP contribution in [0.5, 0.6) is 5.75 Å². The molecule has 2 aromatic rings. The average molecular weight is 343 g/mol. The summed E-state index contributed by atoms with van der Waals surface area (Å²) in [6.45, 7) is 0.103. The molecule has 2 rings (SSSR count). The first-order valence-electron chi connectivity index (χ1n) is 7.49. The highest BCUT2D eigenvalue weighted by Gasteiger charge is 2.12. The van der Waals surface area contributed by atoms with Crippen LogP contribution in [0.1, 0.15) is 16.8 Å². The number of amides is 2. The van der Waals surface area contributed by atoms with E-state index in [2.05, 4.69) is 10.6 Å². The highest BCUT2D eigenvalue weighted by atomic mass is 16.6. The second kappa shape index (κ2) is 8.44. The second-order valence-electron chi connectivity index (χ2n) is 5.02. The highest BCUT2D eigenvalue weighted by molar-refractivity contribution is 6.03. The van der Waals surface area contributed by atoms with Gasteiger partial charge in [-0.25, -0.2) is 0 Å². The summed E-state index contributed by atoms with van der Waals surface area (Å²) in [5.41, 5.74) is 0.757. The molecule has 25 heavy (non-hydrogen) atoms. The smallest absolute Gasteiger partial charge is 0.269 e. The van der Waals surface area contributed by atoms with Crippen molar-refractivity contribution in [1.82, 2.24) is 5.32 Å². The summed E-state index contributed by atoms with van der Waals surface area (Å²) in [5, 5.41) is 15.7. The van der Waals surface area contributed by atoms with Crippen LogP contribution in [0.3, 0.4) is 0 Å². The minimum Gasteiger partial charge on any atom is -0.493 e. The molecule has 2 amide bonds. The topological polar surface area (TPSA) is 111 Å². The van der Waals surface area contributed by atoms with Gasteiger partial charge < -0.3 is 15.4 Å². The molecule has 0 radical (unpaired) electrons. The van der Waals surface area contributed by atoms with E-state index < -0.39 is 4.92 Å². The lowest BCUT2D eigenvalue weighted by Gasteiger charge is -2.10. The van der Waals surface area contributed by atoms with E-state index in [1.54, 1.807) is 24.3 Å². The highest BCUT2D eigenvalue weighted by Crippen LogP contribution is 2.18. The van der Waals surface area contributed by atoms with Gasteiger partial charge >= 0.3 is 0 Å². The Balaban J connectivity index is 1.87. The maximum Gasteiger partial charge on any atom is 0.269 e. The van der Waals surface area contributed by atoms with E-state index in [1.807, 2.05) is 0 Å². The normalized spacial score (nSPS) is 9.96. The van der Waals surface area contributed by atoms with Crippen molar-refractivity contribution >= 4 is 23.2 Å². The van der Waals surface area contributed by atoms with Crippen molar-refractivity contribution in [3.05, 3.63) is 64.2 Å². The van der Waals surface area contributed by atoms with E-state index in [0.29, 0.717) is 17.0 Å². The fourth-order valence-corrected chi connectivity index (χ4v) is 2.06. The third kappa shape index (κ3) is 5.03. The first-order valence-corrected chi connectivity index (χ1v) is 7.49. The van der Waals surface area contributed by atoms with Crippen LogP contribution in [0.4, 0.5) is 11.4 Å². The van der Waals surface area contributed by atoms with E-state index in [4.69, 9.17) is 4.74 Å². The van der Waals surface area contributed by atoms with Gasteiger partial charge in [-0.05, 0) is 24.3 Å². The first-order chi connectivity index (χ1) is 12.0. The molecule has 130 valence electrons. The van der Waals surface area contributed by atoms with Gasteiger partial charge in [0.25, 0.3) is 11.6 Å². The van der Waals surface area contributed by atoms with Crippen LogP contribution >= 0.6 is 0 Å². The number of nitrogens with zero attached hydrogens (tertiary/aromatic N) is 1. The Morgan fingerprint density at radius 1 is 1.12 bits per heavy atom. The monoisotopic (exact) mass is 343 g/mol. The number of hydrogen-bond donors (Lipinski definition) is 2. The molecule has 0 spiro atoms. The van der Waals surface area contributed by atoms with E-state index >= 15 is 0 Å². The summed E-state index contributed by atoms with van der Waals surface area (Å²) in [5.74, 6) is -0.166. The van der Waals surface area contributed by atoms with E-state index in [9.17, 15) is 19.7 Å². The molecule has 0 aliphatic rings. The molecule has 2 aromatic carbocycles. The molecule has 8 nitrogen and oxygen atoms in total. The van der Waals surface area contributed by atoms with Crippen molar-refractivity contribution in [3.63, 3.8) is 0 Å². The minimum atomic E-state index is -0.499. The van der Waals surface area contributed by atoms with Crippen LogP contribution in [0.15, 0.2) is 48.5 Å². The molecule has 0 unspecified atom stereocenters. The molecule has 2 N–H and O–H groups in total. The predicted molar refractivity (Wildman–Crippen MR) is 91.7 cm³/mol. The predicted octanol–water partition coefficient (Wildman–Crippen LogP) is 2.36. The number of ether oxygens (including phenoxy) is 1. The van der Waals surface area contributed by atoms with Gasteiger partial charge in [-0.15, -0.1) is 0 Å². The molecular formula is C17H17N3O5. The van der Waals surface area contributed by atoms with E-state index in [-0.39, 0.29) is 30.5 Å². The lowest BCUT2D eigenvalue weighted by Crippen LogP contribution is -2.22. The molecule has 0 heterocycles. The molecule has 0 aliphatic heterocycles. The summed E-state index contributed by atoms with van der Waals surface area (Å²) >= 11 is 0. The van der Waals surface area contributed by atoms with E-state index in [0.717, 1.165) is 0 Å². The van der Waals surface area contributed by atoms with Crippen molar-refractivity contribution in [2.75, 3.05) is 19.0 Å². The molecule has 0 aromatic heterocycles. The van der Waals surface area contributed by atoms with Crippen molar-refractivity contribution in [2.24, 2.45) is 0 Å². The Hall–Kier alpha value is -3.42. The Morgan fingerprint density at radius 3 is 2.44 bits per heavy atom. The van der Waals surface area contributed by atoms with Crippen LogP contribution in [0.25, 0.3) is 0 Å². The third-order valence-electron chi connectivity index (χ3n) is 3.32. The fraction of sp³-hybridized carbons (Fsp3) is 0.176. The lowest BCUT2D eigenvalue weighted by atomic mass is 10.1. The van der Waals surface area contributed by atoms with Gasteiger partial charge in [0.1, 0.15) is 5.75 Å². The largest absolute Gasteiger partial charge is 0.493 e. The second-order valence-corrected chi connectivity index (χ2v) is 5.02. The van der Waals surface area contributed by atoms with Crippen LogP contribution in [0, 0.1) is 10.1 Å². The summed E-state index contributed by atoms with van der Waals surface area (Å²) in [6.07, 6.45) is 0.0685. The van der Waals surface area contributed by atoms with Crippen molar-refractivity contribution < 1.29 is 19.2 Å². The molecule has 0 atom stereocenters. The zero-order valence-electron chi connectivity index (χ0n) is 13.5. The molecule has 0 bridgehead atoms. The van der Waals surface area contributed by atoms with Crippen LogP contribution in [0.2, 0.25) is 0 Å². The Morgan fingerprint density at radius 2 is 1.80 bits per heavy atom. The zero-order valence-corrected chi connectivity index (χ0v) is 13.5. The number of anilines is 1. The maximum absolute atomic E-state index is 12.0. The lowest BCUT2D eigenvalue weighted by molar-refractivity contribution is -0.384. The molecule has 0 fully saturated rings. The van der Waals surface area contributed by atoms with Gasteiger partial charge in [-0.2, -0.15) is 0 Å². The minimum absolute atomic E-state index is 0.0316. The van der Waals surface area contributed by atoms with Crippen molar-refractivity contribution in [2.45, 2.75) is 6.42 Å². The van der Waals surface area contributed by atoms with Crippen LogP contribution < -0.4 is 15.4 Å². The van der Waals surface area contributed by atoms with Gasteiger partial charge in [-0.1, -0.05) is 12.1 Å². The van der Waals surface area contributed by atoms with Gasteiger partial charge in [0, 0.05) is 19.2 Å². The quantitative estimate of drug-likeness (QED) is 0.592. The third-order valence-corrected chi connectivity index (χ3v) is 3.32. The molecule has 0 aliphatic carbocycles. The number of carbonyl (C=O) groups excluding carboxylic acids is 2. The number of para-hydroxylation sites is 1. The molecule has 0 saturated carbocycles. The summed E-state index contributed by atoms with van der Waals surface area (Å²) in [4.78, 5) is 33.8. The number of benzene rings is 2. The van der Waals surface area contributed by atoms with Gasteiger partial charge in [0.2, 0.25) is 5.91 Å². The number of rotatable bonds is 7. The average Bonchev–Trinajstić information content (AvgIpc) is 2.62. The standard InChI is InChI=1S/C17H17N3O5/c1-18-17(22)14-4-2-3-5-15(14)19-16(21)10-11-25-13-8-6-12(7-9-13)20(23)24/h2-9H,10-11H2,1H3,(H,18,22)(H,19,21). The first kappa shape index (κ1) is 17.9. The van der Waals surface area contributed by atoms with Crippen molar-refractivity contribution in [3.8, 4) is 5.75 Å². The summed E-state index contributed by atoms with van der Waals surface area (Å²) < 4.78 is 5.39. The maximum atomic E-state index is 12.0. The number of nitro groups is 1. The number of hydrogen-bond acceptors (Lipinski definition) is 5. The Bertz CT molecular complexity index is 774. The fourth-order valence-electron chi connectivity index (χ4n) is 2.06. The SMILES string of the molecule is CNC(=O)c1ccccc1NC(=O)CCOc1ccc([N+](=O)[O-])cc1. The number of non-ortho nitro benzene ring substituents is 1. The van der Waals surface area contributed by atoms with Crippen molar-refractivity contribution in [1.29, 1.82) is 0 Å². The summed E-state index contributed by atoms with van der Waals surface area (Å²) in [7, 11) is 1.51. The zero-order chi connectivity index (χ0) is 18.2. The van der Waals surface area contributed by atoms with Crippen LogP contribution in [-0.2, 0) is 4.79 Å². The molecule has 8 heteroatoms. The van der Waals surface area contributed by atoms with Gasteiger partial charge in [0.05, 0.1) is 29.2 Å². The molecule has 0 saturated heterocycles. The van der Waals surface area contributed by atoms with Gasteiger partial charge in [-0.3, -0.25) is 19.7 Å². The Labute approximate surface area is 144 Å². The van der Waals surface area contributed by atoms with Gasteiger partial charge in [0.15, 0.2) is 0 Å². The Kier molecular flexibility index (Phi) is 6.05.